The van der Waals surface area contributed by atoms with Crippen molar-refractivity contribution in [3.63, 3.8) is 0 Å². The van der Waals surface area contributed by atoms with E-state index in [1.807, 2.05) is 13.0 Å². The molecule has 2 aliphatic carbocycles. The molecule has 0 radical (unpaired) electrons. The Bertz CT molecular complexity index is 640. The molecule has 0 saturated heterocycles. The van der Waals surface area contributed by atoms with Gasteiger partial charge in [-0.3, -0.25) is 9.59 Å². The van der Waals surface area contributed by atoms with Gasteiger partial charge in [0.1, 0.15) is 0 Å². The Morgan fingerprint density at radius 2 is 1.85 bits per heavy atom. The summed E-state index contributed by atoms with van der Waals surface area (Å²) in [4.78, 5) is 26.1. The largest absolute Gasteiger partial charge is 0.504 e. The molecule has 0 aromatic heterocycles. The van der Waals surface area contributed by atoms with E-state index in [1.165, 1.54) is 5.57 Å². The first kappa shape index (κ1) is 20.5. The lowest BCUT2D eigenvalue weighted by molar-refractivity contribution is -0.119. The number of hydrogen-bond donors (Lipinski definition) is 2. The normalized spacial score (nSPS) is 21.3. The number of unbranched alkanes of at least 4 members (excludes halogenated alkanes) is 3. The Morgan fingerprint density at radius 3 is 2.50 bits per heavy atom. The predicted octanol–water partition coefficient (Wildman–Crippen LogP) is 4.92. The minimum Gasteiger partial charge on any atom is -0.504 e. The molecule has 2 rings (SSSR count). The van der Waals surface area contributed by atoms with E-state index in [9.17, 15) is 14.7 Å². The van der Waals surface area contributed by atoms with E-state index >= 15 is 0 Å². The van der Waals surface area contributed by atoms with Gasteiger partial charge in [0.15, 0.2) is 5.76 Å². The zero-order valence-electron chi connectivity index (χ0n) is 16.5. The molecule has 1 atom stereocenters. The number of Topliss-reactive ketones (excluding diaryl/α,β-unsaturated/α-hetero) is 2. The molecule has 0 heterocycles. The zero-order valence-corrected chi connectivity index (χ0v) is 16.5. The molecule has 1 unspecified atom stereocenters. The Hall–Kier alpha value is -1.84. The monoisotopic (exact) mass is 359 g/mol. The molecule has 4 heteroatoms. The van der Waals surface area contributed by atoms with Crippen molar-refractivity contribution >= 4 is 11.6 Å². The third-order valence-electron chi connectivity index (χ3n) is 5.32. The maximum atomic E-state index is 13.2. The van der Waals surface area contributed by atoms with Crippen LogP contribution in [0.4, 0.5) is 0 Å². The van der Waals surface area contributed by atoms with Crippen LogP contribution in [0.5, 0.6) is 0 Å². The van der Waals surface area contributed by atoms with Gasteiger partial charge in [0.05, 0.1) is 11.3 Å². The summed E-state index contributed by atoms with van der Waals surface area (Å²) in [7, 11) is 0. The predicted molar refractivity (Wildman–Crippen MR) is 105 cm³/mol. The second kappa shape index (κ2) is 9.75. The van der Waals surface area contributed by atoms with Crippen LogP contribution in [-0.4, -0.2) is 23.2 Å². The van der Waals surface area contributed by atoms with E-state index in [0.717, 1.165) is 51.4 Å². The van der Waals surface area contributed by atoms with E-state index < -0.39 is 0 Å². The highest BCUT2D eigenvalue weighted by atomic mass is 16.3. The molecule has 0 bridgehead atoms. The number of carbonyl (C=O) groups is 2. The third kappa shape index (κ3) is 4.66. The van der Waals surface area contributed by atoms with Crippen LogP contribution in [0.1, 0.15) is 78.6 Å². The topological polar surface area (TPSA) is 66.4 Å². The lowest BCUT2D eigenvalue weighted by Gasteiger charge is -2.27. The minimum absolute atomic E-state index is 0.152. The molecule has 0 spiro atoms. The van der Waals surface area contributed by atoms with E-state index in [-0.39, 0.29) is 23.2 Å². The fourth-order valence-corrected chi connectivity index (χ4v) is 3.81. The molecule has 0 fully saturated rings. The van der Waals surface area contributed by atoms with Crippen LogP contribution in [0.2, 0.25) is 0 Å². The molecular weight excluding hydrogens is 326 g/mol. The van der Waals surface area contributed by atoms with Crippen molar-refractivity contribution in [1.29, 1.82) is 0 Å². The van der Waals surface area contributed by atoms with E-state index in [1.54, 1.807) is 0 Å². The molecule has 144 valence electrons. The van der Waals surface area contributed by atoms with Crippen LogP contribution in [0.15, 0.2) is 34.3 Å². The minimum atomic E-state index is -0.355. The van der Waals surface area contributed by atoms with Crippen LogP contribution < -0.4 is 5.32 Å². The first-order valence-corrected chi connectivity index (χ1v) is 10.2. The van der Waals surface area contributed by atoms with Gasteiger partial charge in [-0.25, -0.2) is 0 Å². The average molecular weight is 360 g/mol. The van der Waals surface area contributed by atoms with Crippen LogP contribution in [0.25, 0.3) is 0 Å². The van der Waals surface area contributed by atoms with E-state index in [4.69, 9.17) is 0 Å². The highest BCUT2D eigenvalue weighted by Gasteiger charge is 2.37. The molecule has 0 aromatic carbocycles. The summed E-state index contributed by atoms with van der Waals surface area (Å²) in [6.07, 6.45) is 10.3. The molecule has 0 amide bonds. The summed E-state index contributed by atoms with van der Waals surface area (Å²) < 4.78 is 0. The molecule has 0 aliphatic heterocycles. The highest BCUT2D eigenvalue weighted by Crippen LogP contribution is 2.35. The molecule has 26 heavy (non-hydrogen) atoms. The summed E-state index contributed by atoms with van der Waals surface area (Å²) in [6, 6.07) is 0. The maximum Gasteiger partial charge on any atom is 0.225 e. The maximum absolute atomic E-state index is 13.2. The number of aliphatic hydroxyl groups excluding tert-OH is 1. The van der Waals surface area contributed by atoms with Gasteiger partial charge in [0.25, 0.3) is 0 Å². The van der Waals surface area contributed by atoms with Crippen LogP contribution in [0.3, 0.4) is 0 Å². The van der Waals surface area contributed by atoms with Crippen LogP contribution in [-0.2, 0) is 9.59 Å². The number of rotatable bonds is 9. The fraction of sp³-hybridized carbons (Fsp3) is 0.636. The molecule has 2 aliphatic rings. The van der Waals surface area contributed by atoms with Crippen LogP contribution in [0, 0.1) is 5.92 Å². The lowest BCUT2D eigenvalue weighted by atomic mass is 9.78. The Morgan fingerprint density at radius 1 is 1.12 bits per heavy atom. The van der Waals surface area contributed by atoms with Crippen molar-refractivity contribution < 1.29 is 14.7 Å². The Kier molecular flexibility index (Phi) is 7.67. The average Bonchev–Trinajstić information content (AvgIpc) is 2.62. The third-order valence-corrected chi connectivity index (χ3v) is 5.32. The number of aliphatic hydroxyl groups is 1. The first-order valence-electron chi connectivity index (χ1n) is 10.2. The summed E-state index contributed by atoms with van der Waals surface area (Å²) in [6.45, 7) is 6.93. The summed E-state index contributed by atoms with van der Waals surface area (Å²) in [5.41, 5.74) is 2.42. The standard InChI is InChI=1S/C22H33NO3/c1-4-6-8-12-17-19(23-13-7-5-2)21(25)18(22(26)20(17)24)16-11-9-10-15(3)14-16/h14,16,23,26H,4-13H2,1-3H3. The molecule has 2 N–H and O–H groups in total. The molecule has 0 saturated carbocycles. The van der Waals surface area contributed by atoms with Gasteiger partial charge in [0.2, 0.25) is 11.6 Å². The van der Waals surface area contributed by atoms with Crippen molar-refractivity contribution in [2.24, 2.45) is 5.92 Å². The number of allylic oxidation sites excluding steroid dienone is 4. The fourth-order valence-electron chi connectivity index (χ4n) is 3.81. The quantitative estimate of drug-likeness (QED) is 0.348. The van der Waals surface area contributed by atoms with Crippen molar-refractivity contribution in [3.05, 3.63) is 34.3 Å². The lowest BCUT2D eigenvalue weighted by Crippen LogP contribution is -2.34. The van der Waals surface area contributed by atoms with Gasteiger partial charge >= 0.3 is 0 Å². The van der Waals surface area contributed by atoms with Crippen molar-refractivity contribution in [2.45, 2.75) is 78.6 Å². The summed E-state index contributed by atoms with van der Waals surface area (Å²) >= 11 is 0. The molecule has 0 aromatic rings. The SMILES string of the molecule is CCCCCC1=C(NCCCC)C(=O)C(C2C=C(C)CCC2)=C(O)C1=O. The van der Waals surface area contributed by atoms with E-state index in [2.05, 4.69) is 19.2 Å². The second-order valence-electron chi connectivity index (χ2n) is 7.52. The van der Waals surface area contributed by atoms with Gasteiger partial charge < -0.3 is 10.4 Å². The Balaban J connectivity index is 2.34. The van der Waals surface area contributed by atoms with Crippen molar-refractivity contribution in [2.75, 3.05) is 6.54 Å². The number of hydrogen-bond acceptors (Lipinski definition) is 4. The molecule has 4 nitrogen and oxygen atoms in total. The molecular formula is C22H33NO3. The highest BCUT2D eigenvalue weighted by molar-refractivity contribution is 6.24. The van der Waals surface area contributed by atoms with Gasteiger partial charge in [0, 0.05) is 18.0 Å². The van der Waals surface area contributed by atoms with Crippen LogP contribution >= 0.6 is 0 Å². The Labute approximate surface area is 157 Å². The zero-order chi connectivity index (χ0) is 19.1. The van der Waals surface area contributed by atoms with Gasteiger partial charge in [-0.05, 0) is 45.4 Å². The number of carbonyl (C=O) groups excluding carboxylic acids is 2. The number of nitrogens with one attached hydrogen (secondary N) is 1. The second-order valence-corrected chi connectivity index (χ2v) is 7.52. The van der Waals surface area contributed by atoms with E-state index in [0.29, 0.717) is 29.8 Å². The summed E-state index contributed by atoms with van der Waals surface area (Å²) in [5, 5.41) is 13.8. The van der Waals surface area contributed by atoms with Crippen molar-refractivity contribution in [3.8, 4) is 0 Å². The smallest absolute Gasteiger partial charge is 0.225 e. The first-order chi connectivity index (χ1) is 12.5. The van der Waals surface area contributed by atoms with Gasteiger partial charge in [-0.1, -0.05) is 44.8 Å². The number of ketones is 2. The van der Waals surface area contributed by atoms with Gasteiger partial charge in [-0.2, -0.15) is 0 Å². The van der Waals surface area contributed by atoms with Gasteiger partial charge in [-0.15, -0.1) is 0 Å². The van der Waals surface area contributed by atoms with Crippen molar-refractivity contribution in [1.82, 2.24) is 5.32 Å². The summed E-state index contributed by atoms with van der Waals surface area (Å²) in [5.74, 6) is -1.01.